The maximum absolute atomic E-state index is 12.6. The van der Waals surface area contributed by atoms with Crippen LogP contribution in [0.3, 0.4) is 0 Å². The van der Waals surface area contributed by atoms with Gasteiger partial charge in [-0.15, -0.1) is 35.3 Å². The highest BCUT2D eigenvalue weighted by molar-refractivity contribution is 14.0. The molecule has 0 fully saturated rings. The maximum atomic E-state index is 12.6. The molecule has 0 saturated carbocycles. The van der Waals surface area contributed by atoms with Crippen LogP contribution in [0.4, 0.5) is 8.78 Å². The van der Waals surface area contributed by atoms with Gasteiger partial charge in [-0.05, 0) is 36.8 Å². The van der Waals surface area contributed by atoms with Crippen LogP contribution >= 0.6 is 35.3 Å². The van der Waals surface area contributed by atoms with Gasteiger partial charge in [0.2, 0.25) is 0 Å². The van der Waals surface area contributed by atoms with Crippen LogP contribution in [0.25, 0.3) is 10.2 Å². The monoisotopic (exact) mass is 562 g/mol. The number of hydrogen-bond acceptors (Lipinski definition) is 5. The molecule has 0 aliphatic heterocycles. The second-order valence-corrected chi connectivity index (χ2v) is 7.50. The van der Waals surface area contributed by atoms with Gasteiger partial charge in [-0.3, -0.25) is 4.99 Å². The van der Waals surface area contributed by atoms with E-state index in [1.807, 2.05) is 18.2 Å². The lowest BCUT2D eigenvalue weighted by atomic mass is 10.2. The molecule has 6 nitrogen and oxygen atoms in total. The molecule has 31 heavy (non-hydrogen) atoms. The predicted molar refractivity (Wildman–Crippen MR) is 131 cm³/mol. The smallest absolute Gasteiger partial charge is 0.387 e. The number of fused-ring (bicyclic) bond motifs is 1. The van der Waals surface area contributed by atoms with Gasteiger partial charge in [0, 0.05) is 32.1 Å². The number of alkyl halides is 2. The van der Waals surface area contributed by atoms with Gasteiger partial charge in [-0.2, -0.15) is 8.78 Å². The van der Waals surface area contributed by atoms with E-state index in [9.17, 15) is 8.78 Å². The Labute approximate surface area is 201 Å². The molecule has 2 aromatic carbocycles. The summed E-state index contributed by atoms with van der Waals surface area (Å²) in [4.78, 5) is 8.81. The summed E-state index contributed by atoms with van der Waals surface area (Å²) >= 11 is 1.71. The predicted octanol–water partition coefficient (Wildman–Crippen LogP) is 4.82. The van der Waals surface area contributed by atoms with Crippen molar-refractivity contribution >= 4 is 51.5 Å². The third-order valence-corrected chi connectivity index (χ3v) is 5.45. The summed E-state index contributed by atoms with van der Waals surface area (Å²) in [5.74, 6) is 1.24. The first-order valence-corrected chi connectivity index (χ1v) is 10.3. The number of hydrogen-bond donors (Lipinski definition) is 2. The number of benzene rings is 2. The van der Waals surface area contributed by atoms with Crippen LogP contribution in [0, 0.1) is 0 Å². The third kappa shape index (κ3) is 7.46. The molecule has 168 valence electrons. The minimum atomic E-state index is -2.89. The molecule has 0 atom stereocenters. The number of aryl methyl sites for hydroxylation is 1. The normalized spacial score (nSPS) is 11.3. The first-order chi connectivity index (χ1) is 14.6. The van der Waals surface area contributed by atoms with Crippen LogP contribution in [0.5, 0.6) is 11.5 Å². The fraction of sp³-hybridized carbons (Fsp3) is 0.333. The molecule has 0 bridgehead atoms. The van der Waals surface area contributed by atoms with Crippen molar-refractivity contribution in [3.05, 3.63) is 53.0 Å². The molecule has 0 amide bonds. The highest BCUT2D eigenvalue weighted by atomic mass is 127. The number of guanidine groups is 1. The second kappa shape index (κ2) is 12.6. The lowest BCUT2D eigenvalue weighted by molar-refractivity contribution is -0.0504. The fourth-order valence-electron chi connectivity index (χ4n) is 2.90. The molecule has 2 N–H and O–H groups in total. The molecule has 0 aliphatic rings. The van der Waals surface area contributed by atoms with Crippen molar-refractivity contribution in [2.75, 3.05) is 20.7 Å². The number of aromatic nitrogens is 1. The van der Waals surface area contributed by atoms with E-state index in [0.29, 0.717) is 23.8 Å². The Hall–Kier alpha value is -2.21. The number of para-hydroxylation sites is 1. The average Bonchev–Trinajstić information content (AvgIpc) is 3.16. The highest BCUT2D eigenvalue weighted by Gasteiger charge is 2.11. The summed E-state index contributed by atoms with van der Waals surface area (Å²) in [5, 5.41) is 7.45. The largest absolute Gasteiger partial charge is 0.497 e. The zero-order valence-corrected chi connectivity index (χ0v) is 20.4. The number of rotatable bonds is 9. The van der Waals surface area contributed by atoms with E-state index in [1.165, 1.54) is 17.9 Å². The Bertz CT molecular complexity index is 967. The van der Waals surface area contributed by atoms with E-state index < -0.39 is 6.61 Å². The topological polar surface area (TPSA) is 67.8 Å². The van der Waals surface area contributed by atoms with Gasteiger partial charge in [0.1, 0.15) is 11.5 Å². The lowest BCUT2D eigenvalue weighted by Crippen LogP contribution is -2.37. The number of methoxy groups -OCH3 is 1. The van der Waals surface area contributed by atoms with E-state index in [4.69, 9.17) is 4.74 Å². The van der Waals surface area contributed by atoms with E-state index in [0.717, 1.165) is 23.4 Å². The second-order valence-electron chi connectivity index (χ2n) is 6.38. The summed E-state index contributed by atoms with van der Waals surface area (Å²) in [6.07, 6.45) is 1.75. The minimum Gasteiger partial charge on any atom is -0.497 e. The van der Waals surface area contributed by atoms with Gasteiger partial charge in [0.25, 0.3) is 0 Å². The Morgan fingerprint density at radius 3 is 2.71 bits per heavy atom. The molecule has 0 radical (unpaired) electrons. The van der Waals surface area contributed by atoms with Gasteiger partial charge in [0.15, 0.2) is 5.96 Å². The molecule has 0 unspecified atom stereocenters. The number of ether oxygens (including phenoxy) is 2. The van der Waals surface area contributed by atoms with Crippen molar-refractivity contribution in [3.63, 3.8) is 0 Å². The standard InChI is InChI=1S/C21H24F2N4O2S.HI/c1-24-21(25-11-5-8-19-27-16-6-3-4-7-18(16)30-19)26-13-14-12-15(28-2)9-10-17(14)29-20(22)23;/h3-4,6-7,9-10,12,20H,5,8,11,13H2,1-2H3,(H2,24,25,26);1H. The Balaban J connectivity index is 0.00000341. The van der Waals surface area contributed by atoms with Crippen molar-refractivity contribution < 1.29 is 18.3 Å². The van der Waals surface area contributed by atoms with Gasteiger partial charge >= 0.3 is 6.61 Å². The van der Waals surface area contributed by atoms with Gasteiger partial charge in [0.05, 0.1) is 22.3 Å². The minimum absolute atomic E-state index is 0. The molecule has 10 heteroatoms. The van der Waals surface area contributed by atoms with Crippen molar-refractivity contribution in [2.24, 2.45) is 4.99 Å². The quantitative estimate of drug-likeness (QED) is 0.170. The Morgan fingerprint density at radius 1 is 1.19 bits per heavy atom. The number of nitrogens with one attached hydrogen (secondary N) is 2. The summed E-state index contributed by atoms with van der Waals surface area (Å²) in [6.45, 7) is -1.93. The molecule has 1 aromatic heterocycles. The van der Waals surface area contributed by atoms with Gasteiger partial charge in [-0.1, -0.05) is 12.1 Å². The number of thiazole rings is 1. The molecule has 1 heterocycles. The summed E-state index contributed by atoms with van der Waals surface area (Å²) < 4.78 is 36.2. The molecule has 3 aromatic rings. The van der Waals surface area contributed by atoms with E-state index in [2.05, 4.69) is 31.4 Å². The van der Waals surface area contributed by atoms with Crippen molar-refractivity contribution in [3.8, 4) is 11.5 Å². The highest BCUT2D eigenvalue weighted by Crippen LogP contribution is 2.25. The van der Waals surface area contributed by atoms with Crippen LogP contribution in [0.1, 0.15) is 17.0 Å². The SMILES string of the molecule is CN=C(NCCCc1nc2ccccc2s1)NCc1cc(OC)ccc1OC(F)F.I. The molecule has 0 saturated heterocycles. The average molecular weight is 562 g/mol. The van der Waals surface area contributed by atoms with Crippen LogP contribution in [0.2, 0.25) is 0 Å². The summed E-state index contributed by atoms with van der Waals surface area (Å²) in [7, 11) is 3.18. The molecule has 0 aliphatic carbocycles. The van der Waals surface area contributed by atoms with Crippen molar-refractivity contribution in [1.29, 1.82) is 0 Å². The van der Waals surface area contributed by atoms with Gasteiger partial charge < -0.3 is 20.1 Å². The van der Waals surface area contributed by atoms with Gasteiger partial charge in [-0.25, -0.2) is 4.98 Å². The van der Waals surface area contributed by atoms with Crippen LogP contribution in [0.15, 0.2) is 47.5 Å². The number of halogens is 3. The van der Waals surface area contributed by atoms with Crippen LogP contribution < -0.4 is 20.1 Å². The van der Waals surface area contributed by atoms with Crippen LogP contribution in [-0.4, -0.2) is 38.3 Å². The zero-order chi connectivity index (χ0) is 21.3. The molecule has 0 spiro atoms. The third-order valence-electron chi connectivity index (χ3n) is 4.35. The van der Waals surface area contributed by atoms with E-state index >= 15 is 0 Å². The summed E-state index contributed by atoms with van der Waals surface area (Å²) in [5.41, 5.74) is 1.58. The number of aliphatic imine (C=N–C) groups is 1. The Kier molecular flexibility index (Phi) is 10.2. The van der Waals surface area contributed by atoms with Crippen molar-refractivity contribution in [2.45, 2.75) is 26.0 Å². The summed E-state index contributed by atoms with van der Waals surface area (Å²) in [6, 6.07) is 12.8. The van der Waals surface area contributed by atoms with E-state index in [1.54, 1.807) is 30.5 Å². The zero-order valence-electron chi connectivity index (χ0n) is 17.2. The lowest BCUT2D eigenvalue weighted by Gasteiger charge is -2.15. The molecular formula is C21H25F2IN4O2S. The van der Waals surface area contributed by atoms with E-state index in [-0.39, 0.29) is 36.3 Å². The van der Waals surface area contributed by atoms with Crippen LogP contribution in [-0.2, 0) is 13.0 Å². The Morgan fingerprint density at radius 2 is 2.00 bits per heavy atom. The number of nitrogens with zero attached hydrogens (tertiary/aromatic N) is 2. The maximum Gasteiger partial charge on any atom is 0.387 e. The van der Waals surface area contributed by atoms with Crippen molar-refractivity contribution in [1.82, 2.24) is 15.6 Å². The molecule has 3 rings (SSSR count). The first kappa shape index (κ1) is 25.1. The molecular weight excluding hydrogens is 537 g/mol. The fourth-order valence-corrected chi connectivity index (χ4v) is 3.91. The first-order valence-electron chi connectivity index (χ1n) is 9.49.